The van der Waals surface area contributed by atoms with Gasteiger partial charge in [0, 0.05) is 12.2 Å². The molecule has 0 saturated carbocycles. The number of imide groups is 1. The summed E-state index contributed by atoms with van der Waals surface area (Å²) < 4.78 is 10.7. The van der Waals surface area contributed by atoms with Crippen LogP contribution in [0.5, 0.6) is 11.5 Å². The van der Waals surface area contributed by atoms with Gasteiger partial charge < -0.3 is 19.7 Å². The van der Waals surface area contributed by atoms with Crippen molar-refractivity contribution in [2.75, 3.05) is 24.8 Å². The lowest BCUT2D eigenvalue weighted by Crippen LogP contribution is -2.44. The van der Waals surface area contributed by atoms with Crippen molar-refractivity contribution in [1.29, 1.82) is 0 Å². The molecule has 3 aliphatic heterocycles. The maximum Gasteiger partial charge on any atom is 0.325 e. The minimum absolute atomic E-state index is 0.119. The zero-order valence-electron chi connectivity index (χ0n) is 15.8. The molecule has 1 N–H and O–H groups in total. The quantitative estimate of drug-likeness (QED) is 0.803. The number of benzene rings is 2. The van der Waals surface area contributed by atoms with E-state index in [1.807, 2.05) is 24.3 Å². The number of urea groups is 1. The highest BCUT2D eigenvalue weighted by Crippen LogP contribution is 2.38. The molecule has 0 aromatic heterocycles. The van der Waals surface area contributed by atoms with E-state index in [0.717, 1.165) is 22.6 Å². The molecule has 3 aliphatic rings. The first kappa shape index (κ1) is 17.5. The summed E-state index contributed by atoms with van der Waals surface area (Å²) in [6, 6.07) is 12.2. The van der Waals surface area contributed by atoms with Crippen molar-refractivity contribution in [2.24, 2.45) is 0 Å². The molecule has 0 bridgehead atoms. The maximum atomic E-state index is 13.1. The van der Waals surface area contributed by atoms with E-state index in [1.54, 1.807) is 30.0 Å². The molecule has 29 heavy (non-hydrogen) atoms. The molecule has 148 valence electrons. The van der Waals surface area contributed by atoms with E-state index in [-0.39, 0.29) is 19.2 Å². The van der Waals surface area contributed by atoms with Crippen molar-refractivity contribution in [2.45, 2.75) is 18.9 Å². The van der Waals surface area contributed by atoms with E-state index in [9.17, 15) is 14.4 Å². The third kappa shape index (κ3) is 2.63. The second-order valence-electron chi connectivity index (χ2n) is 7.44. The van der Waals surface area contributed by atoms with Gasteiger partial charge in [0.1, 0.15) is 12.1 Å². The molecule has 5 rings (SSSR count). The van der Waals surface area contributed by atoms with E-state index in [4.69, 9.17) is 9.47 Å². The number of carbonyl (C=O) groups is 3. The first-order chi connectivity index (χ1) is 14.0. The van der Waals surface area contributed by atoms with E-state index >= 15 is 0 Å². The highest BCUT2D eigenvalue weighted by molar-refractivity contribution is 6.10. The highest BCUT2D eigenvalue weighted by atomic mass is 16.7. The topological polar surface area (TPSA) is 88.2 Å². The summed E-state index contributed by atoms with van der Waals surface area (Å²) in [6.07, 6.45) is 0.761. The number of para-hydroxylation sites is 1. The number of anilines is 1. The summed E-state index contributed by atoms with van der Waals surface area (Å²) in [7, 11) is 0. The Hall–Kier alpha value is -3.55. The van der Waals surface area contributed by atoms with Crippen LogP contribution in [0.4, 0.5) is 10.5 Å². The predicted octanol–water partition coefficient (Wildman–Crippen LogP) is 1.77. The van der Waals surface area contributed by atoms with Crippen molar-refractivity contribution >= 4 is 23.5 Å². The molecular weight excluding hydrogens is 374 g/mol. The van der Waals surface area contributed by atoms with E-state index in [0.29, 0.717) is 23.6 Å². The number of hydrogen-bond acceptors (Lipinski definition) is 5. The summed E-state index contributed by atoms with van der Waals surface area (Å²) >= 11 is 0. The molecule has 2 aromatic rings. The Labute approximate surface area is 167 Å². The molecule has 1 saturated heterocycles. The number of hydrogen-bond donors (Lipinski definition) is 1. The van der Waals surface area contributed by atoms with Gasteiger partial charge >= 0.3 is 6.03 Å². The largest absolute Gasteiger partial charge is 0.454 e. The van der Waals surface area contributed by atoms with Crippen LogP contribution < -0.4 is 19.7 Å². The molecule has 3 heterocycles. The average molecular weight is 393 g/mol. The van der Waals surface area contributed by atoms with Gasteiger partial charge in [-0.15, -0.1) is 0 Å². The Morgan fingerprint density at radius 2 is 1.93 bits per heavy atom. The van der Waals surface area contributed by atoms with Crippen molar-refractivity contribution in [3.05, 3.63) is 53.6 Å². The molecule has 2 aromatic carbocycles. The fraction of sp³-hybridized carbons (Fsp3) is 0.286. The lowest BCUT2D eigenvalue weighted by Gasteiger charge is -2.23. The van der Waals surface area contributed by atoms with Gasteiger partial charge in [-0.1, -0.05) is 24.3 Å². The predicted molar refractivity (Wildman–Crippen MR) is 103 cm³/mol. The molecule has 0 unspecified atom stereocenters. The van der Waals surface area contributed by atoms with Crippen LogP contribution in [-0.2, 0) is 21.5 Å². The second-order valence-corrected chi connectivity index (χ2v) is 7.44. The van der Waals surface area contributed by atoms with Crippen LogP contribution in [0.25, 0.3) is 0 Å². The van der Waals surface area contributed by atoms with Gasteiger partial charge in [-0.2, -0.15) is 0 Å². The number of nitrogens with one attached hydrogen (secondary N) is 1. The Bertz CT molecular complexity index is 1050. The van der Waals surface area contributed by atoms with Gasteiger partial charge in [-0.25, -0.2) is 4.79 Å². The van der Waals surface area contributed by atoms with E-state index in [1.165, 1.54) is 0 Å². The van der Waals surface area contributed by atoms with Crippen LogP contribution in [0.3, 0.4) is 0 Å². The van der Waals surface area contributed by atoms with Crippen molar-refractivity contribution in [1.82, 2.24) is 10.2 Å². The molecule has 0 spiro atoms. The Kier molecular flexibility index (Phi) is 3.77. The maximum absolute atomic E-state index is 13.1. The van der Waals surface area contributed by atoms with Gasteiger partial charge in [0.05, 0.1) is 0 Å². The summed E-state index contributed by atoms with van der Waals surface area (Å²) in [6.45, 7) is 1.98. The van der Waals surface area contributed by atoms with Crippen LogP contribution in [0.2, 0.25) is 0 Å². The molecule has 8 heteroatoms. The zero-order chi connectivity index (χ0) is 20.2. The fourth-order valence-electron chi connectivity index (χ4n) is 4.06. The first-order valence-electron chi connectivity index (χ1n) is 9.40. The van der Waals surface area contributed by atoms with Gasteiger partial charge in [0.15, 0.2) is 11.5 Å². The average Bonchev–Trinajstić information content (AvgIpc) is 3.41. The van der Waals surface area contributed by atoms with Crippen LogP contribution in [-0.4, -0.2) is 42.6 Å². The van der Waals surface area contributed by atoms with Crippen LogP contribution in [0.15, 0.2) is 42.5 Å². The van der Waals surface area contributed by atoms with Gasteiger partial charge in [0.25, 0.3) is 5.91 Å². The first-order valence-corrected chi connectivity index (χ1v) is 9.40. The molecule has 1 atom stereocenters. The fourth-order valence-corrected chi connectivity index (χ4v) is 4.06. The smallest absolute Gasteiger partial charge is 0.325 e. The normalized spacial score (nSPS) is 22.1. The third-order valence-electron chi connectivity index (χ3n) is 5.71. The molecule has 1 fully saturated rings. The monoisotopic (exact) mass is 393 g/mol. The minimum atomic E-state index is -1.28. The van der Waals surface area contributed by atoms with Gasteiger partial charge in [0.2, 0.25) is 12.7 Å². The molecule has 4 amide bonds. The van der Waals surface area contributed by atoms with Crippen LogP contribution in [0.1, 0.15) is 18.1 Å². The van der Waals surface area contributed by atoms with Crippen molar-refractivity contribution < 1.29 is 23.9 Å². The van der Waals surface area contributed by atoms with Crippen molar-refractivity contribution in [3.8, 4) is 11.5 Å². The van der Waals surface area contributed by atoms with E-state index in [2.05, 4.69) is 5.32 Å². The second kappa shape index (κ2) is 6.23. The molecule has 8 nitrogen and oxygen atoms in total. The Balaban J connectivity index is 1.38. The molecular formula is C21H19N3O5. The number of ether oxygens (including phenoxy) is 2. The van der Waals surface area contributed by atoms with Gasteiger partial charge in [-0.05, 0) is 42.7 Å². The zero-order valence-corrected chi connectivity index (χ0v) is 15.8. The number of rotatable bonds is 3. The Morgan fingerprint density at radius 1 is 1.14 bits per heavy atom. The summed E-state index contributed by atoms with van der Waals surface area (Å²) in [5, 5.41) is 2.72. The van der Waals surface area contributed by atoms with E-state index < -0.39 is 17.5 Å². The summed E-state index contributed by atoms with van der Waals surface area (Å²) in [5.74, 6) is 0.360. The SMILES string of the molecule is C[C@@]1(c2ccc3c(c2)OCO3)NC(=O)N(CC(=O)N2CCc3ccccc32)C1=O. The van der Waals surface area contributed by atoms with Crippen LogP contribution >= 0.6 is 0 Å². The third-order valence-corrected chi connectivity index (χ3v) is 5.71. The van der Waals surface area contributed by atoms with Crippen molar-refractivity contribution in [3.63, 3.8) is 0 Å². The summed E-state index contributed by atoms with van der Waals surface area (Å²) in [5.41, 5.74) is 1.22. The lowest BCUT2D eigenvalue weighted by molar-refractivity contribution is -0.134. The Morgan fingerprint density at radius 3 is 2.79 bits per heavy atom. The standard InChI is InChI=1S/C21H19N3O5/c1-21(14-6-7-16-17(10-14)29-12-28-16)19(26)24(20(27)22-21)11-18(25)23-9-8-13-4-2-3-5-15(13)23/h2-7,10H,8-9,11-12H2,1H3,(H,22,27)/t21-/m0/s1. The van der Waals surface area contributed by atoms with Gasteiger partial charge in [-0.3, -0.25) is 14.5 Å². The lowest BCUT2D eigenvalue weighted by atomic mass is 9.91. The molecule has 0 aliphatic carbocycles. The number of fused-ring (bicyclic) bond motifs is 2. The summed E-state index contributed by atoms with van der Waals surface area (Å²) in [4.78, 5) is 41.2. The number of nitrogens with zero attached hydrogens (tertiary/aromatic N) is 2. The minimum Gasteiger partial charge on any atom is -0.454 e. The molecule has 0 radical (unpaired) electrons. The number of carbonyl (C=O) groups excluding carboxylic acids is 3. The highest BCUT2D eigenvalue weighted by Gasteiger charge is 2.50. The van der Waals surface area contributed by atoms with Crippen LogP contribution in [0, 0.1) is 0 Å². The number of amides is 4.